The first-order valence-electron chi connectivity index (χ1n) is 6.38. The number of hydrogen-bond donors (Lipinski definition) is 1. The number of piperidine rings is 1. The van der Waals surface area contributed by atoms with Gasteiger partial charge in [0.05, 0.1) is 0 Å². The van der Waals surface area contributed by atoms with Crippen molar-refractivity contribution in [2.75, 3.05) is 19.7 Å². The SMILES string of the molecule is CCC1CN(C(=O)C2CCCO2)CCC1N. The molecule has 1 amide bonds. The van der Waals surface area contributed by atoms with Crippen molar-refractivity contribution < 1.29 is 9.53 Å². The van der Waals surface area contributed by atoms with Gasteiger partial charge in [-0.05, 0) is 25.2 Å². The van der Waals surface area contributed by atoms with Crippen LogP contribution in [0.5, 0.6) is 0 Å². The number of carbonyl (C=O) groups excluding carboxylic acids is 1. The summed E-state index contributed by atoms with van der Waals surface area (Å²) in [7, 11) is 0. The summed E-state index contributed by atoms with van der Waals surface area (Å²) in [5.41, 5.74) is 6.04. The molecule has 0 radical (unpaired) electrons. The Labute approximate surface area is 97.1 Å². The number of rotatable bonds is 2. The molecule has 0 aliphatic carbocycles. The van der Waals surface area contributed by atoms with Crippen LogP contribution in [-0.2, 0) is 9.53 Å². The lowest BCUT2D eigenvalue weighted by atomic mass is 9.90. The van der Waals surface area contributed by atoms with Crippen molar-refractivity contribution in [3.63, 3.8) is 0 Å². The van der Waals surface area contributed by atoms with Gasteiger partial charge in [0.1, 0.15) is 6.10 Å². The second-order valence-electron chi connectivity index (χ2n) is 4.91. The average Bonchev–Trinajstić information content (AvgIpc) is 2.82. The Morgan fingerprint density at radius 2 is 2.31 bits per heavy atom. The van der Waals surface area contributed by atoms with Gasteiger partial charge in [-0.3, -0.25) is 4.79 Å². The predicted octanol–water partition coefficient (Wildman–Crippen LogP) is 0.751. The molecule has 3 atom stereocenters. The quantitative estimate of drug-likeness (QED) is 0.756. The van der Waals surface area contributed by atoms with E-state index in [4.69, 9.17) is 10.5 Å². The first-order chi connectivity index (χ1) is 7.72. The van der Waals surface area contributed by atoms with E-state index in [-0.39, 0.29) is 18.1 Å². The number of amides is 1. The van der Waals surface area contributed by atoms with Gasteiger partial charge in [0.25, 0.3) is 5.91 Å². The Balaban J connectivity index is 1.91. The molecule has 92 valence electrons. The van der Waals surface area contributed by atoms with E-state index in [9.17, 15) is 4.79 Å². The number of nitrogens with two attached hydrogens (primary N) is 1. The van der Waals surface area contributed by atoms with Gasteiger partial charge in [0.2, 0.25) is 0 Å². The van der Waals surface area contributed by atoms with Gasteiger partial charge in [0, 0.05) is 25.7 Å². The summed E-state index contributed by atoms with van der Waals surface area (Å²) in [6.07, 6.45) is 3.71. The molecular weight excluding hydrogens is 204 g/mol. The molecule has 0 bridgehead atoms. The second kappa shape index (κ2) is 5.15. The molecule has 0 aromatic heterocycles. The number of ether oxygens (including phenoxy) is 1. The van der Waals surface area contributed by atoms with Crippen molar-refractivity contribution in [2.24, 2.45) is 11.7 Å². The van der Waals surface area contributed by atoms with Crippen LogP contribution in [0.15, 0.2) is 0 Å². The van der Waals surface area contributed by atoms with Crippen LogP contribution in [0.3, 0.4) is 0 Å². The average molecular weight is 226 g/mol. The van der Waals surface area contributed by atoms with Crippen molar-refractivity contribution in [3.8, 4) is 0 Å². The number of nitrogens with zero attached hydrogens (tertiary/aromatic N) is 1. The minimum atomic E-state index is -0.174. The largest absolute Gasteiger partial charge is 0.368 e. The van der Waals surface area contributed by atoms with E-state index in [2.05, 4.69) is 6.92 Å². The van der Waals surface area contributed by atoms with Crippen molar-refractivity contribution in [1.29, 1.82) is 0 Å². The summed E-state index contributed by atoms with van der Waals surface area (Å²) >= 11 is 0. The highest BCUT2D eigenvalue weighted by Gasteiger charge is 2.33. The maximum Gasteiger partial charge on any atom is 0.251 e. The van der Waals surface area contributed by atoms with E-state index in [1.165, 1.54) is 0 Å². The second-order valence-corrected chi connectivity index (χ2v) is 4.91. The topological polar surface area (TPSA) is 55.6 Å². The van der Waals surface area contributed by atoms with Crippen LogP contribution in [0.4, 0.5) is 0 Å². The monoisotopic (exact) mass is 226 g/mol. The van der Waals surface area contributed by atoms with Crippen molar-refractivity contribution in [1.82, 2.24) is 4.90 Å². The normalized spacial score (nSPS) is 35.4. The predicted molar refractivity (Wildman–Crippen MR) is 61.9 cm³/mol. The smallest absolute Gasteiger partial charge is 0.251 e. The Morgan fingerprint density at radius 1 is 1.50 bits per heavy atom. The highest BCUT2D eigenvalue weighted by molar-refractivity contribution is 5.81. The van der Waals surface area contributed by atoms with Gasteiger partial charge in [-0.1, -0.05) is 13.3 Å². The third-order valence-electron chi connectivity index (χ3n) is 3.83. The molecule has 0 saturated carbocycles. The number of carbonyl (C=O) groups is 1. The Hall–Kier alpha value is -0.610. The molecule has 16 heavy (non-hydrogen) atoms. The van der Waals surface area contributed by atoms with E-state index < -0.39 is 0 Å². The highest BCUT2D eigenvalue weighted by atomic mass is 16.5. The molecule has 0 aromatic carbocycles. The van der Waals surface area contributed by atoms with Crippen LogP contribution in [0, 0.1) is 5.92 Å². The maximum absolute atomic E-state index is 12.1. The van der Waals surface area contributed by atoms with E-state index in [0.29, 0.717) is 5.92 Å². The molecule has 4 heteroatoms. The van der Waals surface area contributed by atoms with E-state index in [0.717, 1.165) is 45.4 Å². The zero-order chi connectivity index (χ0) is 11.5. The zero-order valence-corrected chi connectivity index (χ0v) is 10.0. The Bertz CT molecular complexity index is 251. The van der Waals surface area contributed by atoms with E-state index in [1.54, 1.807) is 0 Å². The molecule has 2 fully saturated rings. The van der Waals surface area contributed by atoms with Crippen LogP contribution in [-0.4, -0.2) is 42.6 Å². The molecule has 4 nitrogen and oxygen atoms in total. The van der Waals surface area contributed by atoms with Crippen molar-refractivity contribution in [2.45, 2.75) is 44.8 Å². The summed E-state index contributed by atoms with van der Waals surface area (Å²) < 4.78 is 5.44. The zero-order valence-electron chi connectivity index (χ0n) is 10.0. The van der Waals surface area contributed by atoms with Gasteiger partial charge >= 0.3 is 0 Å². The van der Waals surface area contributed by atoms with Gasteiger partial charge in [-0.2, -0.15) is 0 Å². The lowest BCUT2D eigenvalue weighted by Crippen LogP contribution is -2.51. The van der Waals surface area contributed by atoms with Crippen LogP contribution in [0.25, 0.3) is 0 Å². The first-order valence-corrected chi connectivity index (χ1v) is 6.38. The lowest BCUT2D eigenvalue weighted by molar-refractivity contribution is -0.143. The van der Waals surface area contributed by atoms with Crippen molar-refractivity contribution >= 4 is 5.91 Å². The molecule has 2 aliphatic heterocycles. The number of likely N-dealkylation sites (tertiary alicyclic amines) is 1. The number of hydrogen-bond acceptors (Lipinski definition) is 3. The molecule has 0 aromatic rings. The summed E-state index contributed by atoms with van der Waals surface area (Å²) in [5.74, 6) is 0.641. The third kappa shape index (κ3) is 2.38. The molecule has 2 aliphatic rings. The molecule has 2 N–H and O–H groups in total. The van der Waals surface area contributed by atoms with Gasteiger partial charge in [-0.15, -0.1) is 0 Å². The Kier molecular flexibility index (Phi) is 3.82. The third-order valence-corrected chi connectivity index (χ3v) is 3.83. The minimum Gasteiger partial charge on any atom is -0.368 e. The molecular formula is C12H22N2O2. The van der Waals surface area contributed by atoms with Gasteiger partial charge in [-0.25, -0.2) is 0 Å². The fraction of sp³-hybridized carbons (Fsp3) is 0.917. The standard InChI is InChI=1S/C12H22N2O2/c1-2-9-8-14(6-5-10(9)13)12(15)11-4-3-7-16-11/h9-11H,2-8,13H2,1H3. The van der Waals surface area contributed by atoms with E-state index >= 15 is 0 Å². The summed E-state index contributed by atoms with van der Waals surface area (Å²) in [6.45, 7) is 4.50. The van der Waals surface area contributed by atoms with Gasteiger partial charge in [0.15, 0.2) is 0 Å². The fourth-order valence-corrected chi connectivity index (χ4v) is 2.66. The van der Waals surface area contributed by atoms with Gasteiger partial charge < -0.3 is 15.4 Å². The Morgan fingerprint density at radius 3 is 2.94 bits per heavy atom. The molecule has 0 spiro atoms. The van der Waals surface area contributed by atoms with Crippen LogP contribution in [0.2, 0.25) is 0 Å². The molecule has 2 heterocycles. The molecule has 2 saturated heterocycles. The fourth-order valence-electron chi connectivity index (χ4n) is 2.66. The van der Waals surface area contributed by atoms with Crippen LogP contribution >= 0.6 is 0 Å². The maximum atomic E-state index is 12.1. The summed E-state index contributed by atoms with van der Waals surface area (Å²) in [6, 6.07) is 0.263. The highest BCUT2D eigenvalue weighted by Crippen LogP contribution is 2.22. The first kappa shape index (κ1) is 11.9. The van der Waals surface area contributed by atoms with Crippen LogP contribution < -0.4 is 5.73 Å². The molecule has 3 unspecified atom stereocenters. The summed E-state index contributed by atoms with van der Waals surface area (Å²) in [4.78, 5) is 14.1. The minimum absolute atomic E-state index is 0.174. The molecule has 2 rings (SSSR count). The summed E-state index contributed by atoms with van der Waals surface area (Å²) in [5, 5.41) is 0. The van der Waals surface area contributed by atoms with Crippen molar-refractivity contribution in [3.05, 3.63) is 0 Å². The lowest BCUT2D eigenvalue weighted by Gasteiger charge is -2.37. The van der Waals surface area contributed by atoms with E-state index in [1.807, 2.05) is 4.90 Å². The van der Waals surface area contributed by atoms with Crippen LogP contribution in [0.1, 0.15) is 32.6 Å².